The van der Waals surface area contributed by atoms with E-state index in [9.17, 15) is 19.2 Å². The molecule has 0 spiro atoms. The van der Waals surface area contributed by atoms with Crippen LogP contribution in [0.5, 0.6) is 11.5 Å². The van der Waals surface area contributed by atoms with E-state index in [1.807, 2.05) is 32.0 Å². The fourth-order valence-corrected chi connectivity index (χ4v) is 4.25. The molecule has 1 heterocycles. The van der Waals surface area contributed by atoms with Crippen LogP contribution in [0.15, 0.2) is 60.2 Å². The highest BCUT2D eigenvalue weighted by Gasteiger charge is 2.37. The second kappa shape index (κ2) is 12.0. The van der Waals surface area contributed by atoms with Crippen molar-refractivity contribution in [3.05, 3.63) is 87.4 Å². The summed E-state index contributed by atoms with van der Waals surface area (Å²) in [5, 5.41) is 5.42. The number of nitrogens with one attached hydrogen (secondary N) is 2. The first-order valence-corrected chi connectivity index (χ1v) is 12.9. The zero-order valence-electron chi connectivity index (χ0n) is 22.5. The number of anilines is 2. The highest BCUT2D eigenvalue weighted by Crippen LogP contribution is 2.32. The smallest absolute Gasteiger partial charge is 0.335 e. The predicted octanol–water partition coefficient (Wildman–Crippen LogP) is 5.35. The number of aryl methyl sites for hydroxylation is 2. The third-order valence-electron chi connectivity index (χ3n) is 6.19. The first kappa shape index (κ1) is 28.4. The van der Waals surface area contributed by atoms with Gasteiger partial charge in [0.25, 0.3) is 17.7 Å². The van der Waals surface area contributed by atoms with E-state index < -0.39 is 17.8 Å². The van der Waals surface area contributed by atoms with Gasteiger partial charge >= 0.3 is 6.03 Å². The Bertz CT molecular complexity index is 1550. The van der Waals surface area contributed by atoms with Gasteiger partial charge in [0.05, 0.1) is 12.3 Å². The Balaban J connectivity index is 1.56. The fraction of sp³-hybridized carbons (Fsp3) is 0.200. The van der Waals surface area contributed by atoms with E-state index in [4.69, 9.17) is 21.1 Å². The molecule has 4 rings (SSSR count). The van der Waals surface area contributed by atoms with Crippen LogP contribution in [0.3, 0.4) is 0 Å². The van der Waals surface area contributed by atoms with Crippen molar-refractivity contribution in [1.82, 2.24) is 5.32 Å². The molecule has 0 aliphatic carbocycles. The van der Waals surface area contributed by atoms with Gasteiger partial charge in [-0.1, -0.05) is 35.9 Å². The molecule has 1 aliphatic rings. The molecule has 0 unspecified atom stereocenters. The second-order valence-electron chi connectivity index (χ2n) is 9.14. The number of amides is 5. The molecule has 206 valence electrons. The van der Waals surface area contributed by atoms with Crippen molar-refractivity contribution in [2.45, 2.75) is 27.7 Å². The molecule has 2 N–H and O–H groups in total. The Morgan fingerprint density at radius 1 is 1.00 bits per heavy atom. The Morgan fingerprint density at radius 2 is 1.77 bits per heavy atom. The van der Waals surface area contributed by atoms with E-state index in [0.717, 1.165) is 16.0 Å². The fourth-order valence-electron chi connectivity index (χ4n) is 4.08. The maximum absolute atomic E-state index is 13.3. The lowest BCUT2D eigenvalue weighted by atomic mass is 10.1. The van der Waals surface area contributed by atoms with Crippen molar-refractivity contribution in [3.63, 3.8) is 0 Å². The van der Waals surface area contributed by atoms with Gasteiger partial charge in [-0.2, -0.15) is 0 Å². The number of hydrogen-bond donors (Lipinski definition) is 2. The minimum absolute atomic E-state index is 0.247. The predicted molar refractivity (Wildman–Crippen MR) is 153 cm³/mol. The quantitative estimate of drug-likeness (QED) is 0.283. The lowest BCUT2D eigenvalue weighted by Gasteiger charge is -2.27. The van der Waals surface area contributed by atoms with Crippen molar-refractivity contribution >= 4 is 52.8 Å². The zero-order chi connectivity index (χ0) is 29.0. The minimum Gasteiger partial charge on any atom is -0.490 e. The molecule has 40 heavy (non-hydrogen) atoms. The maximum Gasteiger partial charge on any atom is 0.335 e. The van der Waals surface area contributed by atoms with Gasteiger partial charge in [-0.25, -0.2) is 9.69 Å². The van der Waals surface area contributed by atoms with Gasteiger partial charge in [-0.15, -0.1) is 0 Å². The topological polar surface area (TPSA) is 114 Å². The average molecular weight is 562 g/mol. The van der Waals surface area contributed by atoms with Crippen molar-refractivity contribution in [3.8, 4) is 11.5 Å². The van der Waals surface area contributed by atoms with Crippen LogP contribution in [-0.2, 0) is 14.4 Å². The Hall–Kier alpha value is -4.63. The molecule has 0 aromatic heterocycles. The summed E-state index contributed by atoms with van der Waals surface area (Å²) in [6, 6.07) is 14.5. The van der Waals surface area contributed by atoms with E-state index in [1.54, 1.807) is 50.2 Å². The number of halogens is 1. The van der Waals surface area contributed by atoms with Gasteiger partial charge in [0.2, 0.25) is 0 Å². The SMILES string of the molecule is CCOc1cc(/C=C2/C(=O)NC(=O)N(c3cccc(Cl)c3C)C2=O)ccc1OCC(=O)Nc1cc(C)ccc1C. The van der Waals surface area contributed by atoms with Crippen LogP contribution in [0.2, 0.25) is 5.02 Å². The van der Waals surface area contributed by atoms with Crippen molar-refractivity contribution in [2.75, 3.05) is 23.4 Å². The number of hydrogen-bond acceptors (Lipinski definition) is 6. The average Bonchev–Trinajstić information content (AvgIpc) is 2.90. The molecule has 9 nitrogen and oxygen atoms in total. The third-order valence-corrected chi connectivity index (χ3v) is 6.60. The normalized spacial score (nSPS) is 14.3. The monoisotopic (exact) mass is 561 g/mol. The summed E-state index contributed by atoms with van der Waals surface area (Å²) < 4.78 is 11.4. The maximum atomic E-state index is 13.3. The summed E-state index contributed by atoms with van der Waals surface area (Å²) in [6.45, 7) is 7.35. The van der Waals surface area contributed by atoms with Gasteiger partial charge in [0, 0.05) is 10.7 Å². The number of carbonyl (C=O) groups excluding carboxylic acids is 4. The molecule has 0 atom stereocenters. The molecule has 5 amide bonds. The number of nitrogens with zero attached hydrogens (tertiary/aromatic N) is 1. The van der Waals surface area contributed by atoms with Gasteiger partial charge < -0.3 is 14.8 Å². The lowest BCUT2D eigenvalue weighted by molar-refractivity contribution is -0.122. The number of ether oxygens (including phenoxy) is 2. The summed E-state index contributed by atoms with van der Waals surface area (Å²) in [5.41, 5.74) is 3.64. The van der Waals surface area contributed by atoms with Crippen LogP contribution in [0.25, 0.3) is 6.08 Å². The van der Waals surface area contributed by atoms with Crippen LogP contribution in [-0.4, -0.2) is 37.0 Å². The lowest BCUT2D eigenvalue weighted by Crippen LogP contribution is -2.54. The molecule has 10 heteroatoms. The highest BCUT2D eigenvalue weighted by atomic mass is 35.5. The summed E-state index contributed by atoms with van der Waals surface area (Å²) in [6.07, 6.45) is 1.36. The van der Waals surface area contributed by atoms with Crippen molar-refractivity contribution in [1.29, 1.82) is 0 Å². The van der Waals surface area contributed by atoms with Crippen LogP contribution >= 0.6 is 11.6 Å². The highest BCUT2D eigenvalue weighted by molar-refractivity contribution is 6.40. The summed E-state index contributed by atoms with van der Waals surface area (Å²) in [7, 11) is 0. The number of barbiturate groups is 1. The van der Waals surface area contributed by atoms with Crippen molar-refractivity contribution < 1.29 is 28.7 Å². The molecule has 0 radical (unpaired) electrons. The number of imide groups is 2. The Kier molecular flexibility index (Phi) is 8.55. The van der Waals surface area contributed by atoms with Crippen LogP contribution in [0.1, 0.15) is 29.2 Å². The molecule has 0 bridgehead atoms. The van der Waals surface area contributed by atoms with E-state index in [2.05, 4.69) is 10.6 Å². The molecule has 0 saturated carbocycles. The van der Waals surface area contributed by atoms with E-state index >= 15 is 0 Å². The molecule has 3 aromatic rings. The van der Waals surface area contributed by atoms with Gasteiger partial charge in [-0.05, 0) is 86.4 Å². The zero-order valence-corrected chi connectivity index (χ0v) is 23.2. The number of benzene rings is 3. The number of rotatable bonds is 8. The van der Waals surface area contributed by atoms with Crippen LogP contribution < -0.4 is 25.0 Å². The summed E-state index contributed by atoms with van der Waals surface area (Å²) in [5.74, 6) is -1.33. The molecule has 1 saturated heterocycles. The largest absolute Gasteiger partial charge is 0.490 e. The third kappa shape index (κ3) is 6.16. The summed E-state index contributed by atoms with van der Waals surface area (Å²) in [4.78, 5) is 51.9. The standard InChI is InChI=1S/C30H28ClN3O6/c1-5-39-26-15-20(11-12-25(26)40-16-27(35)32-23-13-17(2)9-10-18(23)3)14-21-28(36)33-30(38)34(29(21)37)24-8-6-7-22(31)19(24)4/h6-15H,5,16H2,1-4H3,(H,32,35)(H,33,36,38)/b21-14-. The number of carbonyl (C=O) groups is 4. The molecule has 1 fully saturated rings. The van der Waals surface area contributed by atoms with Crippen LogP contribution in [0.4, 0.5) is 16.2 Å². The van der Waals surface area contributed by atoms with Crippen molar-refractivity contribution in [2.24, 2.45) is 0 Å². The van der Waals surface area contributed by atoms with Gasteiger partial charge in [0.15, 0.2) is 18.1 Å². The van der Waals surface area contributed by atoms with E-state index in [-0.39, 0.29) is 23.8 Å². The minimum atomic E-state index is -0.865. The van der Waals surface area contributed by atoms with Crippen LogP contribution in [0, 0.1) is 20.8 Å². The number of urea groups is 1. The van der Waals surface area contributed by atoms with Gasteiger partial charge in [0.1, 0.15) is 5.57 Å². The Morgan fingerprint density at radius 3 is 2.52 bits per heavy atom. The second-order valence-corrected chi connectivity index (χ2v) is 9.54. The molecule has 3 aromatic carbocycles. The Labute approximate surface area is 236 Å². The molecule has 1 aliphatic heterocycles. The molecular formula is C30H28ClN3O6. The van der Waals surface area contributed by atoms with E-state index in [0.29, 0.717) is 39.9 Å². The van der Waals surface area contributed by atoms with E-state index in [1.165, 1.54) is 6.08 Å². The first-order valence-electron chi connectivity index (χ1n) is 12.5. The van der Waals surface area contributed by atoms with Gasteiger partial charge in [-0.3, -0.25) is 19.7 Å². The molecular weight excluding hydrogens is 534 g/mol. The first-order chi connectivity index (χ1) is 19.1. The summed E-state index contributed by atoms with van der Waals surface area (Å²) >= 11 is 6.18.